The van der Waals surface area contributed by atoms with E-state index >= 15 is 0 Å². The number of rotatable bonds is 5. The molecule has 2 aromatic rings. The Bertz CT molecular complexity index is 595. The lowest BCUT2D eigenvalue weighted by Crippen LogP contribution is -2.02. The third-order valence-electron chi connectivity index (χ3n) is 2.46. The largest absolute Gasteiger partial charge is 0.495 e. The van der Waals surface area contributed by atoms with Gasteiger partial charge in [-0.05, 0) is 19.1 Å². The fourth-order valence-corrected chi connectivity index (χ4v) is 2.46. The Labute approximate surface area is 115 Å². The van der Waals surface area contributed by atoms with E-state index in [0.717, 1.165) is 17.1 Å². The SMILES string of the molecule is COc1ccccc1-n1cc(C)nc1SCC(=O)O. The summed E-state index contributed by atoms with van der Waals surface area (Å²) in [6.45, 7) is 1.87. The first-order valence-electron chi connectivity index (χ1n) is 5.66. The van der Waals surface area contributed by atoms with Gasteiger partial charge in [0.1, 0.15) is 5.75 Å². The Hall–Kier alpha value is -1.95. The van der Waals surface area contributed by atoms with Crippen LogP contribution in [0.4, 0.5) is 0 Å². The quantitative estimate of drug-likeness (QED) is 0.851. The number of aliphatic carboxylic acids is 1. The second-order valence-electron chi connectivity index (χ2n) is 3.89. The third-order valence-corrected chi connectivity index (χ3v) is 3.40. The van der Waals surface area contributed by atoms with Crippen LogP contribution in [0.1, 0.15) is 5.69 Å². The lowest BCUT2D eigenvalue weighted by Gasteiger charge is -2.10. The number of methoxy groups -OCH3 is 1. The van der Waals surface area contributed by atoms with E-state index in [9.17, 15) is 4.79 Å². The zero-order valence-electron chi connectivity index (χ0n) is 10.7. The Morgan fingerprint density at radius 3 is 2.89 bits per heavy atom. The van der Waals surface area contributed by atoms with Crippen molar-refractivity contribution in [3.63, 3.8) is 0 Å². The number of thioether (sulfide) groups is 1. The summed E-state index contributed by atoms with van der Waals surface area (Å²) in [4.78, 5) is 15.0. The molecule has 0 aliphatic heterocycles. The van der Waals surface area contributed by atoms with Gasteiger partial charge in [0.25, 0.3) is 0 Å². The van der Waals surface area contributed by atoms with Crippen LogP contribution in [0.15, 0.2) is 35.6 Å². The highest BCUT2D eigenvalue weighted by Crippen LogP contribution is 2.28. The van der Waals surface area contributed by atoms with E-state index in [2.05, 4.69) is 4.98 Å². The Morgan fingerprint density at radius 1 is 1.47 bits per heavy atom. The van der Waals surface area contributed by atoms with Crippen LogP contribution >= 0.6 is 11.8 Å². The normalized spacial score (nSPS) is 10.4. The average Bonchev–Trinajstić information content (AvgIpc) is 2.77. The Balaban J connectivity index is 2.41. The number of carboxylic acid groups (broad SMARTS) is 1. The molecule has 0 amide bonds. The summed E-state index contributed by atoms with van der Waals surface area (Å²) in [7, 11) is 1.60. The molecular weight excluding hydrogens is 264 g/mol. The van der Waals surface area contributed by atoms with Crippen molar-refractivity contribution in [3.8, 4) is 11.4 Å². The van der Waals surface area contributed by atoms with Crippen LogP contribution < -0.4 is 4.74 Å². The van der Waals surface area contributed by atoms with Crippen molar-refractivity contribution >= 4 is 17.7 Å². The Morgan fingerprint density at radius 2 is 2.21 bits per heavy atom. The number of carbonyl (C=O) groups is 1. The molecular formula is C13H14N2O3S. The summed E-state index contributed by atoms with van der Waals surface area (Å²) in [5.41, 5.74) is 1.68. The molecule has 1 aromatic carbocycles. The monoisotopic (exact) mass is 278 g/mol. The van der Waals surface area contributed by atoms with E-state index in [0.29, 0.717) is 5.16 Å². The molecule has 0 aliphatic rings. The highest BCUT2D eigenvalue weighted by molar-refractivity contribution is 7.99. The van der Waals surface area contributed by atoms with Gasteiger partial charge < -0.3 is 9.84 Å². The minimum absolute atomic E-state index is 0.0222. The number of imidazole rings is 1. The second kappa shape index (κ2) is 5.79. The van der Waals surface area contributed by atoms with Crippen molar-refractivity contribution in [1.82, 2.24) is 9.55 Å². The summed E-state index contributed by atoms with van der Waals surface area (Å²) in [6, 6.07) is 7.55. The van der Waals surface area contributed by atoms with Gasteiger partial charge >= 0.3 is 5.97 Å². The summed E-state index contributed by atoms with van der Waals surface area (Å²) >= 11 is 1.19. The van der Waals surface area contributed by atoms with Gasteiger partial charge in [-0.25, -0.2) is 4.98 Å². The van der Waals surface area contributed by atoms with Crippen LogP contribution in [0.25, 0.3) is 5.69 Å². The Kier molecular flexibility index (Phi) is 4.11. The van der Waals surface area contributed by atoms with Crippen molar-refractivity contribution < 1.29 is 14.6 Å². The van der Waals surface area contributed by atoms with Crippen LogP contribution in [0.5, 0.6) is 5.75 Å². The molecule has 100 valence electrons. The number of benzene rings is 1. The van der Waals surface area contributed by atoms with Gasteiger partial charge in [-0.2, -0.15) is 0 Å². The summed E-state index contributed by atoms with van der Waals surface area (Å²) in [5, 5.41) is 9.40. The first-order valence-corrected chi connectivity index (χ1v) is 6.64. The molecule has 2 rings (SSSR count). The predicted molar refractivity (Wildman–Crippen MR) is 73.2 cm³/mol. The molecule has 0 bridgehead atoms. The molecule has 0 atom stereocenters. The van der Waals surface area contributed by atoms with E-state index < -0.39 is 5.97 Å². The van der Waals surface area contributed by atoms with Crippen molar-refractivity contribution in [3.05, 3.63) is 36.2 Å². The molecule has 0 radical (unpaired) electrons. The fourth-order valence-electron chi connectivity index (χ4n) is 1.71. The zero-order valence-corrected chi connectivity index (χ0v) is 11.5. The molecule has 0 saturated carbocycles. The third kappa shape index (κ3) is 3.08. The maximum Gasteiger partial charge on any atom is 0.313 e. The van der Waals surface area contributed by atoms with E-state index in [-0.39, 0.29) is 5.75 Å². The number of aromatic nitrogens is 2. The molecule has 1 aromatic heterocycles. The van der Waals surface area contributed by atoms with Gasteiger partial charge in [0.2, 0.25) is 0 Å². The van der Waals surface area contributed by atoms with Crippen LogP contribution in [0, 0.1) is 6.92 Å². The average molecular weight is 278 g/mol. The summed E-state index contributed by atoms with van der Waals surface area (Å²) in [6.07, 6.45) is 1.86. The van der Waals surface area contributed by atoms with Gasteiger partial charge in [0, 0.05) is 6.20 Å². The van der Waals surface area contributed by atoms with Crippen LogP contribution in [-0.2, 0) is 4.79 Å². The first kappa shape index (κ1) is 13.5. The molecule has 0 aliphatic carbocycles. The minimum atomic E-state index is -0.864. The van der Waals surface area contributed by atoms with Crippen molar-refractivity contribution in [2.45, 2.75) is 12.1 Å². The molecule has 1 heterocycles. The van der Waals surface area contributed by atoms with Gasteiger partial charge in [0.15, 0.2) is 5.16 Å². The standard InChI is InChI=1S/C13H14N2O3S/c1-9-7-15(13(14-9)19-8-12(16)17)10-5-3-4-6-11(10)18-2/h3-7H,8H2,1-2H3,(H,16,17). The maximum absolute atomic E-state index is 10.7. The second-order valence-corrected chi connectivity index (χ2v) is 4.83. The molecule has 6 heteroatoms. The van der Waals surface area contributed by atoms with Crippen LogP contribution in [0.2, 0.25) is 0 Å². The molecule has 0 saturated heterocycles. The van der Waals surface area contributed by atoms with Crippen molar-refractivity contribution in [1.29, 1.82) is 0 Å². The number of hydrogen-bond acceptors (Lipinski definition) is 4. The van der Waals surface area contributed by atoms with E-state index in [1.807, 2.05) is 42.0 Å². The van der Waals surface area contributed by atoms with E-state index in [1.54, 1.807) is 7.11 Å². The highest BCUT2D eigenvalue weighted by Gasteiger charge is 2.13. The van der Waals surface area contributed by atoms with E-state index in [4.69, 9.17) is 9.84 Å². The van der Waals surface area contributed by atoms with Gasteiger partial charge in [-0.15, -0.1) is 0 Å². The molecule has 1 N–H and O–H groups in total. The summed E-state index contributed by atoms with van der Waals surface area (Å²) < 4.78 is 7.16. The maximum atomic E-state index is 10.7. The van der Waals surface area contributed by atoms with Gasteiger partial charge in [-0.3, -0.25) is 9.36 Å². The molecule has 0 spiro atoms. The molecule has 5 nitrogen and oxygen atoms in total. The highest BCUT2D eigenvalue weighted by atomic mass is 32.2. The topological polar surface area (TPSA) is 64.4 Å². The number of nitrogens with zero attached hydrogens (tertiary/aromatic N) is 2. The van der Waals surface area contributed by atoms with Gasteiger partial charge in [-0.1, -0.05) is 23.9 Å². The van der Waals surface area contributed by atoms with Crippen LogP contribution in [-0.4, -0.2) is 33.5 Å². The molecule has 19 heavy (non-hydrogen) atoms. The summed E-state index contributed by atoms with van der Waals surface area (Å²) in [5.74, 6) is -0.166. The number of carboxylic acids is 1. The lowest BCUT2D eigenvalue weighted by molar-refractivity contribution is -0.133. The molecule has 0 fully saturated rings. The molecule has 0 unspecified atom stereocenters. The van der Waals surface area contributed by atoms with E-state index in [1.165, 1.54) is 11.8 Å². The predicted octanol–water partition coefficient (Wildman–Crippen LogP) is 2.37. The number of hydrogen-bond donors (Lipinski definition) is 1. The minimum Gasteiger partial charge on any atom is -0.495 e. The zero-order chi connectivity index (χ0) is 13.8. The number of aryl methyl sites for hydroxylation is 1. The fraction of sp³-hybridized carbons (Fsp3) is 0.231. The van der Waals surface area contributed by atoms with Crippen LogP contribution in [0.3, 0.4) is 0 Å². The van der Waals surface area contributed by atoms with Crippen molar-refractivity contribution in [2.75, 3.05) is 12.9 Å². The van der Waals surface area contributed by atoms with Crippen molar-refractivity contribution in [2.24, 2.45) is 0 Å². The number of ether oxygens (including phenoxy) is 1. The smallest absolute Gasteiger partial charge is 0.313 e. The number of para-hydroxylation sites is 2. The first-order chi connectivity index (χ1) is 9.11. The van der Waals surface area contributed by atoms with Gasteiger partial charge in [0.05, 0.1) is 24.2 Å². The lowest BCUT2D eigenvalue weighted by atomic mass is 10.3.